The molecule has 0 aromatic heterocycles. The van der Waals surface area contributed by atoms with Crippen LogP contribution in [0.15, 0.2) is 54.6 Å². The highest BCUT2D eigenvalue weighted by atomic mass is 35.5. The molecule has 1 N–H and O–H groups in total. The first-order valence-corrected chi connectivity index (χ1v) is 12.4. The van der Waals surface area contributed by atoms with Gasteiger partial charge in [0, 0.05) is 16.7 Å². The minimum absolute atomic E-state index is 0.0353. The number of ether oxygens (including phenoxy) is 3. The molecule has 0 saturated carbocycles. The number of nitrogens with one attached hydrogen (secondary N) is 1. The second-order valence-corrected chi connectivity index (χ2v) is 9.73. The first-order valence-electron chi connectivity index (χ1n) is 10.2. The molecule has 3 aromatic rings. The maximum absolute atomic E-state index is 14.4. The first-order chi connectivity index (χ1) is 16.6. The van der Waals surface area contributed by atoms with Gasteiger partial charge in [-0.1, -0.05) is 29.8 Å². The third-order valence-electron chi connectivity index (χ3n) is 5.10. The van der Waals surface area contributed by atoms with E-state index >= 15 is 0 Å². The fourth-order valence-corrected chi connectivity index (χ4v) is 4.44. The van der Waals surface area contributed by atoms with E-state index in [1.807, 2.05) is 0 Å². The summed E-state index contributed by atoms with van der Waals surface area (Å²) >= 11 is 6.07. The van der Waals surface area contributed by atoms with E-state index in [0.29, 0.717) is 10.8 Å². The van der Waals surface area contributed by atoms with E-state index in [9.17, 15) is 17.6 Å². The molecule has 0 spiro atoms. The fourth-order valence-electron chi connectivity index (χ4n) is 3.39. The summed E-state index contributed by atoms with van der Waals surface area (Å²) in [6, 6.07) is 13.1. The molecule has 0 radical (unpaired) electrons. The van der Waals surface area contributed by atoms with Crippen LogP contribution in [0.2, 0.25) is 5.02 Å². The van der Waals surface area contributed by atoms with E-state index in [2.05, 4.69) is 5.32 Å². The van der Waals surface area contributed by atoms with Crippen molar-refractivity contribution in [2.24, 2.45) is 0 Å². The minimum atomic E-state index is -3.98. The zero-order chi connectivity index (χ0) is 25.8. The Kier molecular flexibility index (Phi) is 8.08. The molecule has 0 unspecified atom stereocenters. The predicted molar refractivity (Wildman–Crippen MR) is 133 cm³/mol. The maximum Gasteiger partial charge on any atom is 0.258 e. The highest BCUT2D eigenvalue weighted by Crippen LogP contribution is 2.38. The van der Waals surface area contributed by atoms with Crippen LogP contribution in [0.5, 0.6) is 17.2 Å². The van der Waals surface area contributed by atoms with Gasteiger partial charge in [0.05, 0.1) is 51.1 Å². The Hall–Kier alpha value is -3.50. The molecule has 0 fully saturated rings. The summed E-state index contributed by atoms with van der Waals surface area (Å²) in [5.41, 5.74) is 0.291. The molecule has 0 saturated heterocycles. The molecule has 3 rings (SSSR count). The SMILES string of the molecule is COc1ccc(Cl)cc1NC(=O)c1cc(OC)c(OC)cc1N(Cc1ccccc1F)S(C)(=O)=O. The second kappa shape index (κ2) is 10.8. The number of hydrogen-bond donors (Lipinski definition) is 1. The standard InChI is InChI=1S/C24H24ClFN2O6S/c1-32-21-10-9-16(25)11-19(21)27-24(29)17-12-22(33-2)23(34-3)13-20(17)28(35(4,30)31)14-15-7-5-6-8-18(15)26/h5-13H,14H2,1-4H3,(H,27,29). The van der Waals surface area contributed by atoms with Gasteiger partial charge in [-0.2, -0.15) is 0 Å². The summed E-state index contributed by atoms with van der Waals surface area (Å²) in [5.74, 6) is -0.545. The lowest BCUT2D eigenvalue weighted by molar-refractivity contribution is 0.102. The Morgan fingerprint density at radius 1 is 0.971 bits per heavy atom. The number of methoxy groups -OCH3 is 3. The first kappa shape index (κ1) is 26.1. The van der Waals surface area contributed by atoms with E-state index in [1.54, 1.807) is 18.2 Å². The molecular weight excluding hydrogens is 499 g/mol. The van der Waals surface area contributed by atoms with Crippen molar-refractivity contribution in [1.29, 1.82) is 0 Å². The normalized spacial score (nSPS) is 11.0. The number of amides is 1. The molecule has 35 heavy (non-hydrogen) atoms. The van der Waals surface area contributed by atoms with Crippen LogP contribution in [0.1, 0.15) is 15.9 Å². The second-order valence-electron chi connectivity index (χ2n) is 7.38. The lowest BCUT2D eigenvalue weighted by Gasteiger charge is -2.26. The zero-order valence-electron chi connectivity index (χ0n) is 19.5. The fraction of sp³-hybridized carbons (Fsp3) is 0.208. The minimum Gasteiger partial charge on any atom is -0.495 e. The Labute approximate surface area is 208 Å². The van der Waals surface area contributed by atoms with E-state index in [4.69, 9.17) is 25.8 Å². The van der Waals surface area contributed by atoms with Gasteiger partial charge in [0.15, 0.2) is 11.5 Å². The van der Waals surface area contributed by atoms with Gasteiger partial charge in [0.1, 0.15) is 11.6 Å². The van der Waals surface area contributed by atoms with Crippen molar-refractivity contribution < 1.29 is 31.8 Å². The lowest BCUT2D eigenvalue weighted by Crippen LogP contribution is -2.32. The molecule has 11 heteroatoms. The number of anilines is 2. The molecule has 186 valence electrons. The zero-order valence-corrected chi connectivity index (χ0v) is 21.0. The average Bonchev–Trinajstić information content (AvgIpc) is 2.82. The predicted octanol–water partition coefficient (Wildman–Crippen LogP) is 4.72. The number of benzene rings is 3. The van der Waals surface area contributed by atoms with E-state index in [1.165, 1.54) is 57.7 Å². The van der Waals surface area contributed by atoms with Gasteiger partial charge in [-0.3, -0.25) is 9.10 Å². The molecule has 3 aromatic carbocycles. The molecule has 0 heterocycles. The summed E-state index contributed by atoms with van der Waals surface area (Å²) in [6.07, 6.45) is 0.965. The van der Waals surface area contributed by atoms with E-state index < -0.39 is 21.7 Å². The molecule has 0 bridgehead atoms. The number of sulfonamides is 1. The van der Waals surface area contributed by atoms with Crippen molar-refractivity contribution in [2.45, 2.75) is 6.54 Å². The smallest absolute Gasteiger partial charge is 0.258 e. The van der Waals surface area contributed by atoms with Gasteiger partial charge in [0.2, 0.25) is 10.0 Å². The van der Waals surface area contributed by atoms with Crippen molar-refractivity contribution in [1.82, 2.24) is 0 Å². The Balaban J connectivity index is 2.18. The third-order valence-corrected chi connectivity index (χ3v) is 6.46. The molecule has 1 amide bonds. The van der Waals surface area contributed by atoms with Gasteiger partial charge in [-0.05, 0) is 30.3 Å². The molecule has 8 nitrogen and oxygen atoms in total. The Bertz CT molecular complexity index is 1350. The summed E-state index contributed by atoms with van der Waals surface area (Å²) in [5, 5.41) is 3.04. The van der Waals surface area contributed by atoms with Crippen LogP contribution in [0.25, 0.3) is 0 Å². The Morgan fingerprint density at radius 3 is 2.20 bits per heavy atom. The molecule has 0 aliphatic rings. The van der Waals surface area contributed by atoms with Crippen LogP contribution in [-0.2, 0) is 16.6 Å². The van der Waals surface area contributed by atoms with Crippen LogP contribution in [0, 0.1) is 5.82 Å². The number of rotatable bonds is 9. The van der Waals surface area contributed by atoms with E-state index in [-0.39, 0.29) is 40.5 Å². The number of hydrogen-bond acceptors (Lipinski definition) is 6. The van der Waals surface area contributed by atoms with Crippen molar-refractivity contribution in [3.63, 3.8) is 0 Å². The van der Waals surface area contributed by atoms with Gasteiger partial charge >= 0.3 is 0 Å². The molecule has 0 aliphatic carbocycles. The topological polar surface area (TPSA) is 94.2 Å². The Morgan fingerprint density at radius 2 is 1.60 bits per heavy atom. The van der Waals surface area contributed by atoms with Crippen molar-refractivity contribution >= 4 is 38.9 Å². The molecule has 0 aliphatic heterocycles. The van der Waals surface area contributed by atoms with Crippen molar-refractivity contribution in [3.8, 4) is 17.2 Å². The van der Waals surface area contributed by atoms with Gasteiger partial charge in [-0.15, -0.1) is 0 Å². The summed E-state index contributed by atoms with van der Waals surface area (Å²) in [4.78, 5) is 13.4. The highest BCUT2D eigenvalue weighted by Gasteiger charge is 2.27. The van der Waals surface area contributed by atoms with Crippen LogP contribution in [-0.4, -0.2) is 41.9 Å². The number of carbonyl (C=O) groups is 1. The van der Waals surface area contributed by atoms with Gasteiger partial charge < -0.3 is 19.5 Å². The average molecular weight is 523 g/mol. The highest BCUT2D eigenvalue weighted by molar-refractivity contribution is 7.92. The summed E-state index contributed by atoms with van der Waals surface area (Å²) in [6.45, 7) is -0.359. The van der Waals surface area contributed by atoms with Gasteiger partial charge in [-0.25, -0.2) is 12.8 Å². The van der Waals surface area contributed by atoms with E-state index in [0.717, 1.165) is 10.6 Å². The van der Waals surface area contributed by atoms with Crippen molar-refractivity contribution in [2.75, 3.05) is 37.2 Å². The van der Waals surface area contributed by atoms with Crippen LogP contribution in [0.4, 0.5) is 15.8 Å². The molecule has 0 atom stereocenters. The number of halogens is 2. The largest absolute Gasteiger partial charge is 0.495 e. The van der Waals surface area contributed by atoms with Gasteiger partial charge in [0.25, 0.3) is 5.91 Å². The monoisotopic (exact) mass is 522 g/mol. The maximum atomic E-state index is 14.4. The van der Waals surface area contributed by atoms with Crippen LogP contribution < -0.4 is 23.8 Å². The van der Waals surface area contributed by atoms with Crippen LogP contribution >= 0.6 is 11.6 Å². The van der Waals surface area contributed by atoms with Crippen LogP contribution in [0.3, 0.4) is 0 Å². The summed E-state index contributed by atoms with van der Waals surface area (Å²) < 4.78 is 57.0. The number of carbonyl (C=O) groups excluding carboxylic acids is 1. The van der Waals surface area contributed by atoms with Crippen molar-refractivity contribution in [3.05, 3.63) is 76.6 Å². The number of nitrogens with zero attached hydrogens (tertiary/aromatic N) is 1. The quantitative estimate of drug-likeness (QED) is 0.437. The third kappa shape index (κ3) is 5.95. The lowest BCUT2D eigenvalue weighted by atomic mass is 10.1. The molecular formula is C24H24ClFN2O6S. The summed E-state index contributed by atoms with van der Waals surface area (Å²) in [7, 11) is 0.206.